The molecule has 1 saturated heterocycles. The molecule has 1 unspecified atom stereocenters. The molecule has 1 atom stereocenters. The van der Waals surface area contributed by atoms with Gasteiger partial charge >= 0.3 is 0 Å². The van der Waals surface area contributed by atoms with E-state index in [0.717, 1.165) is 25.0 Å². The molecule has 0 aromatic carbocycles. The van der Waals surface area contributed by atoms with Gasteiger partial charge in [-0.2, -0.15) is 0 Å². The second-order valence-corrected chi connectivity index (χ2v) is 4.19. The van der Waals surface area contributed by atoms with Crippen molar-refractivity contribution in [2.24, 2.45) is 5.92 Å². The summed E-state index contributed by atoms with van der Waals surface area (Å²) in [6.07, 6.45) is 9.41. The molecule has 1 aliphatic carbocycles. The normalized spacial score (nSPS) is 30.8. The predicted molar refractivity (Wildman–Crippen MR) is 54.4 cm³/mol. The van der Waals surface area contributed by atoms with Gasteiger partial charge in [0.05, 0.1) is 6.54 Å². The molecular weight excluding hydrogens is 160 g/mol. The summed E-state index contributed by atoms with van der Waals surface area (Å²) in [4.78, 5) is 2.41. The van der Waals surface area contributed by atoms with E-state index in [-0.39, 0.29) is 0 Å². The lowest BCUT2D eigenvalue weighted by molar-refractivity contribution is 0.287. The molecule has 2 heteroatoms. The summed E-state index contributed by atoms with van der Waals surface area (Å²) in [6, 6.07) is 0.718. The van der Waals surface area contributed by atoms with Crippen molar-refractivity contribution in [3.05, 3.63) is 0 Å². The molecule has 1 aliphatic heterocycles. The molecule has 2 nitrogen and oxygen atoms in total. The minimum atomic E-state index is 0.718. The Bertz CT molecular complexity index is 203. The van der Waals surface area contributed by atoms with Crippen molar-refractivity contribution < 1.29 is 0 Å². The van der Waals surface area contributed by atoms with Crippen LogP contribution in [0.15, 0.2) is 0 Å². The summed E-state index contributed by atoms with van der Waals surface area (Å²) in [5.41, 5.74) is 0. The summed E-state index contributed by atoms with van der Waals surface area (Å²) in [7, 11) is 0. The molecule has 0 aromatic heterocycles. The Balaban J connectivity index is 1.86. The Morgan fingerprint density at radius 2 is 2.31 bits per heavy atom. The van der Waals surface area contributed by atoms with Gasteiger partial charge in [0.25, 0.3) is 0 Å². The first kappa shape index (κ1) is 9.05. The van der Waals surface area contributed by atoms with E-state index in [0.29, 0.717) is 0 Å². The molecule has 0 aromatic rings. The van der Waals surface area contributed by atoms with Gasteiger partial charge < -0.3 is 5.32 Å². The van der Waals surface area contributed by atoms with Crippen LogP contribution < -0.4 is 5.32 Å². The van der Waals surface area contributed by atoms with Crippen LogP contribution >= 0.6 is 0 Å². The maximum absolute atomic E-state index is 5.34. The molecule has 2 rings (SSSR count). The molecule has 2 fully saturated rings. The molecule has 0 amide bonds. The largest absolute Gasteiger partial charge is 0.312 e. The van der Waals surface area contributed by atoms with Crippen LogP contribution in [0.4, 0.5) is 0 Å². The van der Waals surface area contributed by atoms with Crippen molar-refractivity contribution in [2.75, 3.05) is 26.2 Å². The first-order chi connectivity index (χ1) is 6.40. The Kier molecular flexibility index (Phi) is 2.87. The van der Waals surface area contributed by atoms with E-state index in [1.54, 1.807) is 0 Å². The fraction of sp³-hybridized carbons (Fsp3) is 0.818. The quantitative estimate of drug-likeness (QED) is 0.626. The van der Waals surface area contributed by atoms with Gasteiger partial charge in [-0.3, -0.25) is 4.90 Å². The summed E-state index contributed by atoms with van der Waals surface area (Å²) in [5, 5.41) is 3.62. The molecule has 0 spiro atoms. The summed E-state index contributed by atoms with van der Waals surface area (Å²) >= 11 is 0. The first-order valence-corrected chi connectivity index (χ1v) is 5.29. The van der Waals surface area contributed by atoms with Gasteiger partial charge in [-0.1, -0.05) is 5.92 Å². The number of nitrogens with one attached hydrogen (secondary N) is 1. The van der Waals surface area contributed by atoms with Crippen LogP contribution in [-0.4, -0.2) is 37.1 Å². The summed E-state index contributed by atoms with van der Waals surface area (Å²) in [5.74, 6) is 3.69. The van der Waals surface area contributed by atoms with Crippen molar-refractivity contribution in [1.29, 1.82) is 0 Å². The van der Waals surface area contributed by atoms with Gasteiger partial charge in [-0.15, -0.1) is 6.42 Å². The standard InChI is InChI=1S/C11H18N2/c1-2-7-13-8-3-6-12-11(9-13)10-4-5-10/h1,10-12H,3-9H2. The fourth-order valence-electron chi connectivity index (χ4n) is 2.11. The molecular formula is C11H18N2. The van der Waals surface area contributed by atoms with E-state index in [2.05, 4.69) is 16.1 Å². The zero-order chi connectivity index (χ0) is 9.10. The van der Waals surface area contributed by atoms with E-state index < -0.39 is 0 Å². The Hall–Kier alpha value is -0.520. The van der Waals surface area contributed by atoms with Crippen molar-refractivity contribution in [2.45, 2.75) is 25.3 Å². The van der Waals surface area contributed by atoms with Gasteiger partial charge in [-0.05, 0) is 31.7 Å². The zero-order valence-electron chi connectivity index (χ0n) is 8.13. The van der Waals surface area contributed by atoms with Gasteiger partial charge in [0.2, 0.25) is 0 Å². The van der Waals surface area contributed by atoms with Crippen molar-refractivity contribution in [1.82, 2.24) is 10.2 Å². The maximum Gasteiger partial charge on any atom is 0.0599 e. The van der Waals surface area contributed by atoms with Gasteiger partial charge in [-0.25, -0.2) is 0 Å². The van der Waals surface area contributed by atoms with E-state index in [9.17, 15) is 0 Å². The Labute approximate surface area is 80.7 Å². The maximum atomic E-state index is 5.34. The minimum Gasteiger partial charge on any atom is -0.312 e. The van der Waals surface area contributed by atoms with Gasteiger partial charge in [0.1, 0.15) is 0 Å². The number of terminal acetylenes is 1. The Morgan fingerprint density at radius 1 is 1.46 bits per heavy atom. The molecule has 0 radical (unpaired) electrons. The van der Waals surface area contributed by atoms with Gasteiger partial charge in [0.15, 0.2) is 0 Å². The molecule has 2 aliphatic rings. The van der Waals surface area contributed by atoms with Crippen LogP contribution in [-0.2, 0) is 0 Å². The molecule has 1 heterocycles. The number of nitrogens with zero attached hydrogens (tertiary/aromatic N) is 1. The second kappa shape index (κ2) is 4.13. The molecule has 1 saturated carbocycles. The number of hydrogen-bond acceptors (Lipinski definition) is 2. The summed E-state index contributed by atoms with van der Waals surface area (Å²) < 4.78 is 0. The third kappa shape index (κ3) is 2.46. The smallest absolute Gasteiger partial charge is 0.0599 e. The van der Waals surface area contributed by atoms with Crippen molar-refractivity contribution in [3.63, 3.8) is 0 Å². The lowest BCUT2D eigenvalue weighted by atomic mass is 10.2. The summed E-state index contributed by atoms with van der Waals surface area (Å²) in [6.45, 7) is 4.32. The van der Waals surface area contributed by atoms with Crippen molar-refractivity contribution in [3.8, 4) is 12.3 Å². The fourth-order valence-corrected chi connectivity index (χ4v) is 2.11. The highest BCUT2D eigenvalue weighted by molar-refractivity contribution is 4.94. The monoisotopic (exact) mass is 178 g/mol. The van der Waals surface area contributed by atoms with Crippen LogP contribution in [0.2, 0.25) is 0 Å². The highest BCUT2D eigenvalue weighted by Gasteiger charge is 2.32. The van der Waals surface area contributed by atoms with Gasteiger partial charge in [0, 0.05) is 19.1 Å². The SMILES string of the molecule is C#CCN1CCCNC(C2CC2)C1. The Morgan fingerprint density at radius 3 is 3.00 bits per heavy atom. The predicted octanol–water partition coefficient (Wildman–Crippen LogP) is 0.694. The topological polar surface area (TPSA) is 15.3 Å². The molecule has 0 bridgehead atoms. The van der Waals surface area contributed by atoms with Crippen LogP contribution in [0.1, 0.15) is 19.3 Å². The van der Waals surface area contributed by atoms with E-state index in [1.165, 1.54) is 32.4 Å². The molecule has 72 valence electrons. The molecule has 13 heavy (non-hydrogen) atoms. The highest BCUT2D eigenvalue weighted by Crippen LogP contribution is 2.33. The van der Waals surface area contributed by atoms with Crippen LogP contribution in [0.25, 0.3) is 0 Å². The first-order valence-electron chi connectivity index (χ1n) is 5.29. The van der Waals surface area contributed by atoms with Crippen LogP contribution in [0.5, 0.6) is 0 Å². The van der Waals surface area contributed by atoms with E-state index in [4.69, 9.17) is 6.42 Å². The van der Waals surface area contributed by atoms with Crippen LogP contribution in [0.3, 0.4) is 0 Å². The number of hydrogen-bond donors (Lipinski definition) is 1. The van der Waals surface area contributed by atoms with Crippen molar-refractivity contribution >= 4 is 0 Å². The second-order valence-electron chi connectivity index (χ2n) is 4.19. The lowest BCUT2D eigenvalue weighted by Gasteiger charge is -2.21. The minimum absolute atomic E-state index is 0.718. The molecule has 1 N–H and O–H groups in total. The third-order valence-corrected chi connectivity index (χ3v) is 3.02. The van der Waals surface area contributed by atoms with E-state index >= 15 is 0 Å². The van der Waals surface area contributed by atoms with E-state index in [1.807, 2.05) is 0 Å². The third-order valence-electron chi connectivity index (χ3n) is 3.02. The average Bonchev–Trinajstić information content (AvgIpc) is 2.90. The zero-order valence-corrected chi connectivity index (χ0v) is 8.13. The average molecular weight is 178 g/mol. The lowest BCUT2D eigenvalue weighted by Crippen LogP contribution is -2.39. The van der Waals surface area contributed by atoms with Crippen LogP contribution in [0, 0.1) is 18.3 Å². The number of rotatable bonds is 2. The highest BCUT2D eigenvalue weighted by atomic mass is 15.2.